The largest absolute Gasteiger partial charge is 0.478 e. The summed E-state index contributed by atoms with van der Waals surface area (Å²) in [5, 5.41) is 27.4. The molecule has 0 spiro atoms. The van der Waals surface area contributed by atoms with E-state index in [1.54, 1.807) is 31.2 Å². The summed E-state index contributed by atoms with van der Waals surface area (Å²) in [5.41, 5.74) is 2.05. The number of rotatable bonds is 4. The van der Waals surface area contributed by atoms with Gasteiger partial charge in [-0.2, -0.15) is 5.26 Å². The monoisotopic (exact) mass is 295 g/mol. The van der Waals surface area contributed by atoms with E-state index in [2.05, 4.69) is 0 Å². The molecule has 0 aromatic heterocycles. The van der Waals surface area contributed by atoms with Crippen LogP contribution in [0.25, 0.3) is 0 Å². The molecular weight excluding hydrogens is 282 g/mol. The lowest BCUT2D eigenvalue weighted by Gasteiger charge is -2.12. The van der Waals surface area contributed by atoms with Crippen LogP contribution in [0, 0.1) is 18.3 Å². The highest BCUT2D eigenvalue weighted by Crippen LogP contribution is 2.22. The fourth-order valence-electron chi connectivity index (χ4n) is 2.29. The van der Waals surface area contributed by atoms with Crippen molar-refractivity contribution < 1.29 is 19.8 Å². The van der Waals surface area contributed by atoms with Gasteiger partial charge in [-0.1, -0.05) is 12.1 Å². The maximum Gasteiger partial charge on any atom is 0.336 e. The van der Waals surface area contributed by atoms with Gasteiger partial charge in [0.25, 0.3) is 0 Å². The fourth-order valence-corrected chi connectivity index (χ4v) is 2.29. The van der Waals surface area contributed by atoms with Gasteiger partial charge in [0.15, 0.2) is 0 Å². The minimum absolute atomic E-state index is 0.0123. The van der Waals surface area contributed by atoms with E-state index in [0.29, 0.717) is 11.1 Å². The summed E-state index contributed by atoms with van der Waals surface area (Å²) in [7, 11) is 0. The molecule has 0 atom stereocenters. The zero-order valence-corrected chi connectivity index (χ0v) is 11.8. The summed E-state index contributed by atoms with van der Waals surface area (Å²) in [6.07, 6.45) is 0.176. The van der Waals surface area contributed by atoms with Gasteiger partial charge in [0.2, 0.25) is 0 Å². The van der Waals surface area contributed by atoms with Gasteiger partial charge in [0.05, 0.1) is 22.8 Å². The molecule has 0 heterocycles. The van der Waals surface area contributed by atoms with Gasteiger partial charge < -0.3 is 10.2 Å². The van der Waals surface area contributed by atoms with Gasteiger partial charge in [-0.05, 0) is 54.3 Å². The highest BCUT2D eigenvalue weighted by molar-refractivity contribution is 5.97. The molecule has 2 rings (SSSR count). The number of nitriles is 1. The molecule has 0 aliphatic rings. The average molecular weight is 295 g/mol. The van der Waals surface area contributed by atoms with Gasteiger partial charge in [0, 0.05) is 0 Å². The number of aromatic carboxylic acids is 2. The van der Waals surface area contributed by atoms with E-state index in [9.17, 15) is 19.8 Å². The summed E-state index contributed by atoms with van der Waals surface area (Å²) in [5.74, 6) is -2.32. The molecule has 0 fully saturated rings. The smallest absolute Gasteiger partial charge is 0.336 e. The number of aryl methyl sites for hydroxylation is 1. The first-order valence-electron chi connectivity index (χ1n) is 6.51. The van der Waals surface area contributed by atoms with Crippen molar-refractivity contribution in [1.29, 1.82) is 5.26 Å². The second kappa shape index (κ2) is 6.10. The lowest BCUT2D eigenvalue weighted by Crippen LogP contribution is -2.11. The molecule has 0 amide bonds. The predicted molar refractivity (Wildman–Crippen MR) is 79.1 cm³/mol. The Morgan fingerprint density at radius 1 is 1.05 bits per heavy atom. The van der Waals surface area contributed by atoms with E-state index in [0.717, 1.165) is 5.56 Å². The van der Waals surface area contributed by atoms with Crippen molar-refractivity contribution in [3.63, 3.8) is 0 Å². The van der Waals surface area contributed by atoms with E-state index >= 15 is 0 Å². The maximum absolute atomic E-state index is 11.4. The molecule has 0 aliphatic carbocycles. The lowest BCUT2D eigenvalue weighted by molar-refractivity contribution is 0.0695. The number of nitrogens with zero attached hydrogens (tertiary/aromatic N) is 1. The minimum atomic E-state index is -1.16. The fraction of sp³-hybridized carbons (Fsp3) is 0.118. The van der Waals surface area contributed by atoms with Gasteiger partial charge in [0.1, 0.15) is 0 Å². The van der Waals surface area contributed by atoms with E-state index in [1.165, 1.54) is 12.1 Å². The second-order valence-electron chi connectivity index (χ2n) is 4.93. The van der Waals surface area contributed by atoms with Crippen LogP contribution >= 0.6 is 0 Å². The highest BCUT2D eigenvalue weighted by Gasteiger charge is 2.19. The number of benzene rings is 2. The van der Waals surface area contributed by atoms with Crippen LogP contribution in [0.1, 0.15) is 43.0 Å². The Balaban J connectivity index is 2.54. The lowest BCUT2D eigenvalue weighted by atomic mass is 9.92. The molecule has 5 heteroatoms. The number of carbonyl (C=O) groups is 2. The third-order valence-electron chi connectivity index (χ3n) is 3.32. The first kappa shape index (κ1) is 15.3. The van der Waals surface area contributed by atoms with E-state index in [-0.39, 0.29) is 23.1 Å². The molecule has 2 aromatic rings. The van der Waals surface area contributed by atoms with Gasteiger partial charge in [-0.25, -0.2) is 9.59 Å². The number of hydrogen-bond acceptors (Lipinski definition) is 3. The van der Waals surface area contributed by atoms with Crippen LogP contribution in [0.15, 0.2) is 36.4 Å². The summed E-state index contributed by atoms with van der Waals surface area (Å²) >= 11 is 0. The first-order chi connectivity index (χ1) is 10.4. The van der Waals surface area contributed by atoms with Crippen molar-refractivity contribution in [2.75, 3.05) is 0 Å². The molecule has 110 valence electrons. The van der Waals surface area contributed by atoms with Crippen LogP contribution in [0.2, 0.25) is 0 Å². The van der Waals surface area contributed by atoms with Crippen molar-refractivity contribution in [3.05, 3.63) is 69.8 Å². The summed E-state index contributed by atoms with van der Waals surface area (Å²) < 4.78 is 0. The molecule has 0 saturated heterocycles. The molecule has 2 N–H and O–H groups in total. The molecule has 0 radical (unpaired) electrons. The van der Waals surface area contributed by atoms with Crippen molar-refractivity contribution in [2.24, 2.45) is 0 Å². The SMILES string of the molecule is Cc1cc(C(=O)O)c(Cc2ccc(C#N)cc2)c(C(=O)O)c1. The zero-order chi connectivity index (χ0) is 16.3. The Morgan fingerprint density at radius 3 is 1.95 bits per heavy atom. The van der Waals surface area contributed by atoms with Crippen molar-refractivity contribution in [1.82, 2.24) is 0 Å². The standard InChI is InChI=1S/C17H13NO4/c1-10-6-14(16(19)20)13(15(7-10)17(21)22)8-11-2-4-12(9-18)5-3-11/h2-7H,8H2,1H3,(H,19,20)(H,21,22). The Labute approximate surface area is 127 Å². The van der Waals surface area contributed by atoms with E-state index in [4.69, 9.17) is 5.26 Å². The number of carboxylic acid groups (broad SMARTS) is 2. The van der Waals surface area contributed by atoms with Gasteiger partial charge in [-0.15, -0.1) is 0 Å². The second-order valence-corrected chi connectivity index (χ2v) is 4.93. The molecule has 0 unspecified atom stereocenters. The summed E-state index contributed by atoms with van der Waals surface area (Å²) in [6, 6.07) is 11.5. The first-order valence-corrected chi connectivity index (χ1v) is 6.51. The molecule has 2 aromatic carbocycles. The van der Waals surface area contributed by atoms with Gasteiger partial charge in [-0.3, -0.25) is 0 Å². The maximum atomic E-state index is 11.4. The van der Waals surface area contributed by atoms with E-state index in [1.807, 2.05) is 6.07 Å². The Kier molecular flexibility index (Phi) is 4.23. The quantitative estimate of drug-likeness (QED) is 0.903. The molecule has 22 heavy (non-hydrogen) atoms. The Morgan fingerprint density at radius 2 is 1.55 bits per heavy atom. The van der Waals surface area contributed by atoms with Crippen LogP contribution in [0.5, 0.6) is 0 Å². The summed E-state index contributed by atoms with van der Waals surface area (Å²) in [4.78, 5) is 22.8. The average Bonchev–Trinajstić information content (AvgIpc) is 2.48. The number of carboxylic acids is 2. The van der Waals surface area contributed by atoms with Crippen LogP contribution in [-0.2, 0) is 6.42 Å². The zero-order valence-electron chi connectivity index (χ0n) is 11.8. The predicted octanol–water partition coefficient (Wildman–Crippen LogP) is 2.85. The topological polar surface area (TPSA) is 98.4 Å². The van der Waals surface area contributed by atoms with Crippen LogP contribution in [-0.4, -0.2) is 22.2 Å². The van der Waals surface area contributed by atoms with E-state index < -0.39 is 11.9 Å². The van der Waals surface area contributed by atoms with Crippen molar-refractivity contribution in [3.8, 4) is 6.07 Å². The third-order valence-corrected chi connectivity index (χ3v) is 3.32. The van der Waals surface area contributed by atoms with Crippen LogP contribution in [0.4, 0.5) is 0 Å². The highest BCUT2D eigenvalue weighted by atomic mass is 16.4. The molecular formula is C17H13NO4. The normalized spacial score (nSPS) is 10.0. The van der Waals surface area contributed by atoms with Crippen molar-refractivity contribution in [2.45, 2.75) is 13.3 Å². The molecule has 5 nitrogen and oxygen atoms in total. The molecule has 0 bridgehead atoms. The van der Waals surface area contributed by atoms with Crippen molar-refractivity contribution >= 4 is 11.9 Å². The van der Waals surface area contributed by atoms with Crippen LogP contribution < -0.4 is 0 Å². The molecule has 0 saturated carbocycles. The Bertz CT molecular complexity index is 750. The van der Waals surface area contributed by atoms with Gasteiger partial charge >= 0.3 is 11.9 Å². The molecule has 0 aliphatic heterocycles. The third kappa shape index (κ3) is 3.13. The Hall–Kier alpha value is -3.13. The minimum Gasteiger partial charge on any atom is -0.478 e. The summed E-state index contributed by atoms with van der Waals surface area (Å²) in [6.45, 7) is 1.66. The number of hydrogen-bond donors (Lipinski definition) is 2. The van der Waals surface area contributed by atoms with Crippen LogP contribution in [0.3, 0.4) is 0 Å².